The number of ether oxygens (including phenoxy) is 2. The zero-order chi connectivity index (χ0) is 27.4. The highest BCUT2D eigenvalue weighted by Gasteiger charge is 2.24. The molecule has 9 heteroatoms. The van der Waals surface area contributed by atoms with Gasteiger partial charge >= 0.3 is 0 Å². The number of sulfonamides is 1. The highest BCUT2D eigenvalue weighted by Crippen LogP contribution is 2.33. The molecule has 0 bridgehead atoms. The standard InChI is InChI=1S/C29H29N3O5S.2H2/c1-6-36-23-11-8-10-22(17-23)25-14-13-24(28(33)32-38(34,35)26-12-7-9-21(5)30-26)29(31-25)37-27-19(3)15-18(2)16-20(27)4;;/h7-17H,6H2,1-5H3,(H,32,33);2*1H. The maximum absolute atomic E-state index is 13.3. The topological polar surface area (TPSA) is 107 Å². The molecule has 0 atom stereocenters. The van der Waals surface area contributed by atoms with Gasteiger partial charge in [0, 0.05) is 14.1 Å². The van der Waals surface area contributed by atoms with E-state index in [-0.39, 0.29) is 19.3 Å². The van der Waals surface area contributed by atoms with Crippen molar-refractivity contribution in [1.82, 2.24) is 14.7 Å². The monoisotopic (exact) mass is 535 g/mol. The molecule has 2 aromatic carbocycles. The van der Waals surface area contributed by atoms with E-state index in [4.69, 9.17) is 9.47 Å². The second-order valence-electron chi connectivity index (χ2n) is 8.89. The van der Waals surface area contributed by atoms with Crippen LogP contribution in [-0.4, -0.2) is 30.9 Å². The molecule has 2 heterocycles. The van der Waals surface area contributed by atoms with Crippen molar-refractivity contribution in [2.45, 2.75) is 39.6 Å². The lowest BCUT2D eigenvalue weighted by Crippen LogP contribution is -2.31. The number of hydrogen-bond donors (Lipinski definition) is 1. The Hall–Kier alpha value is -4.24. The van der Waals surface area contributed by atoms with Crippen LogP contribution in [0.4, 0.5) is 0 Å². The highest BCUT2D eigenvalue weighted by molar-refractivity contribution is 7.90. The summed E-state index contributed by atoms with van der Waals surface area (Å²) in [5.74, 6) is 0.316. The second-order valence-corrected chi connectivity index (χ2v) is 10.5. The van der Waals surface area contributed by atoms with Gasteiger partial charge in [-0.15, -0.1) is 0 Å². The molecular formula is C29H33N3O5S. The number of rotatable bonds is 8. The van der Waals surface area contributed by atoms with Crippen molar-refractivity contribution < 1.29 is 25.5 Å². The van der Waals surface area contributed by atoms with Gasteiger partial charge in [-0.25, -0.2) is 14.7 Å². The lowest BCUT2D eigenvalue weighted by atomic mass is 10.1. The van der Waals surface area contributed by atoms with E-state index in [9.17, 15) is 13.2 Å². The van der Waals surface area contributed by atoms with Crippen LogP contribution in [-0.2, 0) is 10.0 Å². The maximum Gasteiger partial charge on any atom is 0.281 e. The van der Waals surface area contributed by atoms with E-state index in [1.54, 1.807) is 25.1 Å². The van der Waals surface area contributed by atoms with Gasteiger partial charge in [0.05, 0.1) is 12.3 Å². The molecule has 0 spiro atoms. The molecule has 38 heavy (non-hydrogen) atoms. The minimum Gasteiger partial charge on any atom is -0.494 e. The summed E-state index contributed by atoms with van der Waals surface area (Å²) in [4.78, 5) is 21.9. The van der Waals surface area contributed by atoms with Crippen molar-refractivity contribution in [2.24, 2.45) is 0 Å². The first kappa shape index (κ1) is 26.8. The van der Waals surface area contributed by atoms with E-state index in [1.165, 1.54) is 12.1 Å². The van der Waals surface area contributed by atoms with E-state index in [1.807, 2.05) is 64.1 Å². The molecule has 4 aromatic rings. The van der Waals surface area contributed by atoms with Gasteiger partial charge in [0.1, 0.15) is 17.1 Å². The molecule has 8 nitrogen and oxygen atoms in total. The third-order valence-corrected chi connectivity index (χ3v) is 6.95. The fourth-order valence-electron chi connectivity index (χ4n) is 4.09. The minimum atomic E-state index is -4.23. The molecule has 2 aromatic heterocycles. The van der Waals surface area contributed by atoms with E-state index in [0.717, 1.165) is 22.3 Å². The molecule has 0 saturated heterocycles. The Bertz CT molecular complexity index is 1610. The average Bonchev–Trinajstić information content (AvgIpc) is 2.86. The van der Waals surface area contributed by atoms with Crippen molar-refractivity contribution in [1.29, 1.82) is 0 Å². The summed E-state index contributed by atoms with van der Waals surface area (Å²) in [6.45, 7) is 9.87. The molecule has 1 N–H and O–H groups in total. The van der Waals surface area contributed by atoms with Gasteiger partial charge < -0.3 is 9.47 Å². The number of aryl methyl sites for hydroxylation is 4. The van der Waals surface area contributed by atoms with Gasteiger partial charge in [0.15, 0.2) is 5.03 Å². The van der Waals surface area contributed by atoms with E-state index in [0.29, 0.717) is 29.5 Å². The Morgan fingerprint density at radius 1 is 0.921 bits per heavy atom. The molecule has 0 fully saturated rings. The molecule has 0 aliphatic rings. The van der Waals surface area contributed by atoms with Gasteiger partial charge in [-0.1, -0.05) is 35.9 Å². The number of nitrogens with one attached hydrogen (secondary N) is 1. The van der Waals surface area contributed by atoms with E-state index in [2.05, 4.69) is 14.7 Å². The molecule has 0 radical (unpaired) electrons. The number of benzene rings is 2. The Balaban J connectivity index is 0.00000280. The number of hydrogen-bond acceptors (Lipinski definition) is 7. The lowest BCUT2D eigenvalue weighted by molar-refractivity contribution is 0.0978. The van der Waals surface area contributed by atoms with Crippen LogP contribution in [0.3, 0.4) is 0 Å². The predicted molar refractivity (Wildman–Crippen MR) is 149 cm³/mol. The van der Waals surface area contributed by atoms with Crippen molar-refractivity contribution >= 4 is 15.9 Å². The van der Waals surface area contributed by atoms with Crippen LogP contribution >= 0.6 is 0 Å². The zero-order valence-electron chi connectivity index (χ0n) is 21.9. The first-order valence-corrected chi connectivity index (χ1v) is 13.6. The van der Waals surface area contributed by atoms with E-state index >= 15 is 0 Å². The van der Waals surface area contributed by atoms with Crippen molar-refractivity contribution in [3.63, 3.8) is 0 Å². The minimum absolute atomic E-state index is 0. The normalized spacial score (nSPS) is 11.2. The summed E-state index contributed by atoms with van der Waals surface area (Å²) in [5.41, 5.74) is 4.54. The summed E-state index contributed by atoms with van der Waals surface area (Å²) in [5, 5.41) is -0.254. The third kappa shape index (κ3) is 6.00. The molecule has 1 amide bonds. The van der Waals surface area contributed by atoms with Gasteiger partial charge in [-0.2, -0.15) is 8.42 Å². The molecule has 200 valence electrons. The summed E-state index contributed by atoms with van der Waals surface area (Å²) in [6.07, 6.45) is 0. The van der Waals surface area contributed by atoms with Crippen molar-refractivity contribution in [2.75, 3.05) is 6.61 Å². The van der Waals surface area contributed by atoms with Crippen LogP contribution < -0.4 is 14.2 Å². The van der Waals surface area contributed by atoms with Crippen LogP contribution in [0, 0.1) is 27.7 Å². The SMILES string of the molecule is CCOc1cccc(-c2ccc(C(=O)NS(=O)(=O)c3cccc(C)n3)c(Oc3c(C)cc(C)cc3C)n2)c1.[HH].[HH]. The van der Waals surface area contributed by atoms with Crippen LogP contribution in [0.2, 0.25) is 0 Å². The maximum atomic E-state index is 13.3. The number of carbonyl (C=O) groups excluding carboxylic acids is 1. The number of carbonyl (C=O) groups is 1. The number of nitrogens with zero attached hydrogens (tertiary/aromatic N) is 2. The van der Waals surface area contributed by atoms with Crippen LogP contribution in [0.5, 0.6) is 17.4 Å². The smallest absolute Gasteiger partial charge is 0.281 e. The Kier molecular flexibility index (Phi) is 7.78. The molecular weight excluding hydrogens is 502 g/mol. The van der Waals surface area contributed by atoms with Gasteiger partial charge in [-0.05, 0) is 82.1 Å². The Morgan fingerprint density at radius 3 is 2.32 bits per heavy atom. The van der Waals surface area contributed by atoms with Crippen molar-refractivity contribution in [3.05, 3.63) is 94.7 Å². The molecule has 0 saturated carbocycles. The van der Waals surface area contributed by atoms with Crippen LogP contribution in [0.25, 0.3) is 11.3 Å². The van der Waals surface area contributed by atoms with Gasteiger partial charge in [0.2, 0.25) is 5.88 Å². The fraction of sp³-hybridized carbons (Fsp3) is 0.207. The molecule has 0 aliphatic carbocycles. The second kappa shape index (κ2) is 11.0. The van der Waals surface area contributed by atoms with E-state index < -0.39 is 15.9 Å². The number of aromatic nitrogens is 2. The van der Waals surface area contributed by atoms with Crippen LogP contribution in [0.15, 0.2) is 71.8 Å². The summed E-state index contributed by atoms with van der Waals surface area (Å²) >= 11 is 0. The fourth-order valence-corrected chi connectivity index (χ4v) is 5.07. The van der Waals surface area contributed by atoms with Gasteiger partial charge in [0.25, 0.3) is 15.9 Å². The highest BCUT2D eigenvalue weighted by atomic mass is 32.2. The molecule has 0 unspecified atom stereocenters. The average molecular weight is 536 g/mol. The first-order valence-electron chi connectivity index (χ1n) is 12.1. The predicted octanol–water partition coefficient (Wildman–Crippen LogP) is 6.18. The molecule has 0 aliphatic heterocycles. The summed E-state index contributed by atoms with van der Waals surface area (Å²) < 4.78 is 39.7. The largest absolute Gasteiger partial charge is 0.494 e. The quantitative estimate of drug-likeness (QED) is 0.287. The summed E-state index contributed by atoms with van der Waals surface area (Å²) in [7, 11) is -4.23. The Morgan fingerprint density at radius 2 is 1.63 bits per heavy atom. The van der Waals surface area contributed by atoms with Crippen LogP contribution in [0.1, 0.15) is 42.5 Å². The summed E-state index contributed by atoms with van der Waals surface area (Å²) in [6, 6.07) is 19.0. The third-order valence-electron chi connectivity index (χ3n) is 5.71. The first-order chi connectivity index (χ1) is 18.1. The molecule has 4 rings (SSSR count). The van der Waals surface area contributed by atoms with Crippen molar-refractivity contribution in [3.8, 4) is 28.6 Å². The Labute approximate surface area is 225 Å². The lowest BCUT2D eigenvalue weighted by Gasteiger charge is -2.16. The number of amides is 1. The zero-order valence-corrected chi connectivity index (χ0v) is 22.7. The van der Waals surface area contributed by atoms with Gasteiger partial charge in [-0.3, -0.25) is 4.79 Å². The number of pyridine rings is 2.